The van der Waals surface area contributed by atoms with Gasteiger partial charge in [-0.15, -0.1) is 0 Å². The molecule has 1 aromatic heterocycles. The first kappa shape index (κ1) is 13.3. The molecule has 1 heterocycles. The lowest BCUT2D eigenvalue weighted by Crippen LogP contribution is -2.24. The maximum absolute atomic E-state index is 13.7. The highest BCUT2D eigenvalue weighted by Gasteiger charge is 2.17. The van der Waals surface area contributed by atoms with Gasteiger partial charge >= 0.3 is 0 Å². The van der Waals surface area contributed by atoms with Crippen LogP contribution in [0, 0.1) is 11.6 Å². The number of nitrogens with two attached hydrogens (primary N) is 1. The maximum atomic E-state index is 13.7. The Balaban J connectivity index is 2.30. The molecule has 0 saturated heterocycles. The van der Waals surface area contributed by atoms with Crippen molar-refractivity contribution in [2.45, 2.75) is 13.0 Å². The Morgan fingerprint density at radius 2 is 2.00 bits per heavy atom. The molecule has 1 atom stereocenters. The fourth-order valence-electron chi connectivity index (χ4n) is 1.89. The molecule has 0 bridgehead atoms. The van der Waals surface area contributed by atoms with E-state index in [-0.39, 0.29) is 11.9 Å². The van der Waals surface area contributed by atoms with E-state index >= 15 is 0 Å². The number of nitrogens with zero attached hydrogens (tertiary/aromatic N) is 2. The first-order chi connectivity index (χ1) is 8.99. The summed E-state index contributed by atoms with van der Waals surface area (Å²) in [6.45, 7) is 1.90. The molecule has 0 aliphatic heterocycles. The highest BCUT2D eigenvalue weighted by molar-refractivity contribution is 5.46. The van der Waals surface area contributed by atoms with E-state index < -0.39 is 11.6 Å². The van der Waals surface area contributed by atoms with Gasteiger partial charge in [0.05, 0.1) is 12.2 Å². The van der Waals surface area contributed by atoms with E-state index in [1.165, 1.54) is 0 Å². The average molecular weight is 263 g/mol. The minimum Gasteiger partial charge on any atom is -0.399 e. The van der Waals surface area contributed by atoms with Gasteiger partial charge in [-0.3, -0.25) is 0 Å². The van der Waals surface area contributed by atoms with E-state index in [0.717, 1.165) is 17.8 Å². The summed E-state index contributed by atoms with van der Waals surface area (Å²) < 4.78 is 26.5. The third kappa shape index (κ3) is 2.81. The maximum Gasteiger partial charge on any atom is 0.168 e. The summed E-state index contributed by atoms with van der Waals surface area (Å²) in [5.74, 6) is -1.26. The van der Waals surface area contributed by atoms with E-state index in [9.17, 15) is 8.78 Å². The summed E-state index contributed by atoms with van der Waals surface area (Å²) in [6, 6.07) is 8.04. The van der Waals surface area contributed by atoms with E-state index in [1.807, 2.05) is 25.1 Å². The Labute approximate surface area is 110 Å². The second-order valence-electron chi connectivity index (χ2n) is 4.42. The van der Waals surface area contributed by atoms with Gasteiger partial charge in [-0.05, 0) is 24.6 Å². The minimum atomic E-state index is -0.689. The molecule has 0 saturated carbocycles. The molecule has 0 amide bonds. The number of nitrogen functional groups attached to an aromatic ring is 1. The van der Waals surface area contributed by atoms with Gasteiger partial charge in [0, 0.05) is 18.8 Å². The largest absolute Gasteiger partial charge is 0.399 e. The second-order valence-corrected chi connectivity index (χ2v) is 4.42. The topological polar surface area (TPSA) is 42.1 Å². The molecular formula is C14H15F2N3. The summed E-state index contributed by atoms with van der Waals surface area (Å²) in [7, 11) is 1.71. The molecule has 0 fully saturated rings. The van der Waals surface area contributed by atoms with Crippen LogP contribution in [0.15, 0.2) is 36.5 Å². The van der Waals surface area contributed by atoms with Crippen LogP contribution in [-0.2, 0) is 0 Å². The molecule has 2 N–H and O–H groups in total. The second kappa shape index (κ2) is 5.22. The molecule has 100 valence electrons. The van der Waals surface area contributed by atoms with Crippen LogP contribution in [0.4, 0.5) is 20.3 Å². The van der Waals surface area contributed by atoms with Gasteiger partial charge in [-0.25, -0.2) is 13.8 Å². The van der Waals surface area contributed by atoms with Gasteiger partial charge in [0.15, 0.2) is 11.6 Å². The van der Waals surface area contributed by atoms with Crippen molar-refractivity contribution in [3.05, 3.63) is 53.7 Å². The zero-order valence-corrected chi connectivity index (χ0v) is 10.8. The number of benzene rings is 1. The zero-order chi connectivity index (χ0) is 14.0. The molecule has 0 aliphatic rings. The third-order valence-corrected chi connectivity index (χ3v) is 3.10. The molecule has 2 rings (SSSR count). The van der Waals surface area contributed by atoms with Crippen molar-refractivity contribution in [2.75, 3.05) is 17.7 Å². The molecule has 1 aromatic carbocycles. The summed E-state index contributed by atoms with van der Waals surface area (Å²) >= 11 is 0. The Hall–Kier alpha value is -2.17. The predicted molar refractivity (Wildman–Crippen MR) is 71.8 cm³/mol. The Kier molecular flexibility index (Phi) is 3.64. The molecule has 1 unspecified atom stereocenters. The summed E-state index contributed by atoms with van der Waals surface area (Å²) in [6.07, 6.45) is 1.00. The number of aromatic nitrogens is 1. The normalized spacial score (nSPS) is 12.2. The van der Waals surface area contributed by atoms with Gasteiger partial charge in [-0.2, -0.15) is 0 Å². The van der Waals surface area contributed by atoms with Crippen LogP contribution in [0.25, 0.3) is 0 Å². The first-order valence-electron chi connectivity index (χ1n) is 5.88. The Morgan fingerprint density at radius 1 is 1.26 bits per heavy atom. The van der Waals surface area contributed by atoms with Gasteiger partial charge in [0.1, 0.15) is 5.82 Å². The van der Waals surface area contributed by atoms with Crippen molar-refractivity contribution >= 4 is 11.5 Å². The van der Waals surface area contributed by atoms with Gasteiger partial charge < -0.3 is 10.6 Å². The summed E-state index contributed by atoms with van der Waals surface area (Å²) in [4.78, 5) is 5.43. The number of hydrogen-bond acceptors (Lipinski definition) is 3. The number of hydrogen-bond donors (Lipinski definition) is 1. The van der Waals surface area contributed by atoms with Crippen molar-refractivity contribution in [1.29, 1.82) is 0 Å². The lowest BCUT2D eigenvalue weighted by molar-refractivity contribution is 0.564. The van der Waals surface area contributed by atoms with E-state index in [2.05, 4.69) is 4.98 Å². The molecule has 5 heteroatoms. The molecule has 3 nitrogen and oxygen atoms in total. The van der Waals surface area contributed by atoms with Crippen LogP contribution in [-0.4, -0.2) is 12.0 Å². The monoisotopic (exact) mass is 263 g/mol. The molecule has 2 aromatic rings. The zero-order valence-electron chi connectivity index (χ0n) is 10.8. The third-order valence-electron chi connectivity index (χ3n) is 3.10. The smallest absolute Gasteiger partial charge is 0.168 e. The highest BCUT2D eigenvalue weighted by atomic mass is 19.1. The van der Waals surface area contributed by atoms with E-state index in [1.54, 1.807) is 18.0 Å². The molecule has 0 spiro atoms. The lowest BCUT2D eigenvalue weighted by Gasteiger charge is -2.26. The first-order valence-corrected chi connectivity index (χ1v) is 5.88. The number of rotatable bonds is 3. The minimum absolute atomic E-state index is 0.108. The highest BCUT2D eigenvalue weighted by Crippen LogP contribution is 2.26. The lowest BCUT2D eigenvalue weighted by atomic mass is 10.1. The summed E-state index contributed by atoms with van der Waals surface area (Å²) in [5.41, 5.74) is 7.31. The van der Waals surface area contributed by atoms with Gasteiger partial charge in [0.2, 0.25) is 0 Å². The van der Waals surface area contributed by atoms with Crippen LogP contribution in [0.3, 0.4) is 0 Å². The summed E-state index contributed by atoms with van der Waals surface area (Å²) in [5, 5.41) is 0. The fraction of sp³-hybridized carbons (Fsp3) is 0.214. The Morgan fingerprint density at radius 3 is 2.63 bits per heavy atom. The molecule has 19 heavy (non-hydrogen) atoms. The number of anilines is 2. The van der Waals surface area contributed by atoms with Crippen molar-refractivity contribution in [3.8, 4) is 0 Å². The molecule has 0 aliphatic carbocycles. The van der Waals surface area contributed by atoms with E-state index in [4.69, 9.17) is 5.73 Å². The van der Waals surface area contributed by atoms with Crippen molar-refractivity contribution in [2.24, 2.45) is 0 Å². The fourth-order valence-corrected chi connectivity index (χ4v) is 1.89. The quantitative estimate of drug-likeness (QED) is 0.865. The van der Waals surface area contributed by atoms with Crippen LogP contribution >= 0.6 is 0 Å². The Bertz CT molecular complexity index is 587. The van der Waals surface area contributed by atoms with Crippen LogP contribution < -0.4 is 10.6 Å². The molecule has 0 radical (unpaired) electrons. The van der Waals surface area contributed by atoms with Gasteiger partial charge in [0.25, 0.3) is 0 Å². The SMILES string of the molecule is CC(c1cccc(N)c1)N(C)c1ncc(F)cc1F. The number of halogens is 2. The van der Waals surface area contributed by atoms with Gasteiger partial charge in [-0.1, -0.05) is 12.1 Å². The molecular weight excluding hydrogens is 248 g/mol. The van der Waals surface area contributed by atoms with Crippen molar-refractivity contribution in [3.63, 3.8) is 0 Å². The average Bonchev–Trinajstić information content (AvgIpc) is 2.37. The van der Waals surface area contributed by atoms with Crippen LogP contribution in [0.5, 0.6) is 0 Å². The van der Waals surface area contributed by atoms with Crippen LogP contribution in [0.1, 0.15) is 18.5 Å². The number of pyridine rings is 1. The predicted octanol–water partition coefficient (Wildman–Crippen LogP) is 3.14. The van der Waals surface area contributed by atoms with E-state index in [0.29, 0.717) is 5.69 Å². The van der Waals surface area contributed by atoms with Crippen molar-refractivity contribution in [1.82, 2.24) is 4.98 Å². The van der Waals surface area contributed by atoms with Crippen molar-refractivity contribution < 1.29 is 8.78 Å². The standard InChI is InChI=1S/C14H15F2N3/c1-9(10-4-3-5-12(17)6-10)19(2)14-13(16)7-11(15)8-18-14/h3-9H,17H2,1-2H3. The van der Waals surface area contributed by atoms with Crippen LogP contribution in [0.2, 0.25) is 0 Å².